The van der Waals surface area contributed by atoms with Crippen molar-refractivity contribution in [2.45, 2.75) is 0 Å². The number of hydrogen-bond donors (Lipinski definition) is 1. The minimum atomic E-state index is -0.599. The van der Waals surface area contributed by atoms with Crippen LogP contribution in [0.5, 0.6) is 0 Å². The molecule has 1 N–H and O–H groups in total. The Kier molecular flexibility index (Phi) is 4.61. The zero-order valence-electron chi connectivity index (χ0n) is 11.5. The van der Waals surface area contributed by atoms with Crippen molar-refractivity contribution in [3.8, 4) is 0 Å². The molecule has 0 aromatic heterocycles. The van der Waals surface area contributed by atoms with Gasteiger partial charge in [-0.15, -0.1) is 0 Å². The number of carbonyl (C=O) groups excluding carboxylic acids is 2. The van der Waals surface area contributed by atoms with Gasteiger partial charge in [0, 0.05) is 9.26 Å². The molecule has 7 heteroatoms. The summed E-state index contributed by atoms with van der Waals surface area (Å²) in [6, 6.07) is 14.0. The van der Waals surface area contributed by atoms with Crippen molar-refractivity contribution >= 4 is 69.0 Å². The minimum absolute atomic E-state index is 0.0396. The summed E-state index contributed by atoms with van der Waals surface area (Å²) in [5, 5.41) is 3.05. The molecule has 2 aromatic rings. The van der Waals surface area contributed by atoms with E-state index >= 15 is 0 Å². The molecule has 1 aliphatic rings. The Morgan fingerprint density at radius 1 is 0.913 bits per heavy atom. The minimum Gasteiger partial charge on any atom is -0.350 e. The maximum absolute atomic E-state index is 12.6. The number of para-hydroxylation sites is 1. The molecule has 1 heterocycles. The van der Waals surface area contributed by atoms with E-state index in [1.54, 1.807) is 36.4 Å². The van der Waals surface area contributed by atoms with E-state index in [-0.39, 0.29) is 10.7 Å². The molecule has 4 nitrogen and oxygen atoms in total. The van der Waals surface area contributed by atoms with Gasteiger partial charge in [0.25, 0.3) is 11.8 Å². The number of nitrogens with one attached hydrogen (secondary N) is 1. The van der Waals surface area contributed by atoms with Crippen LogP contribution >= 0.6 is 45.8 Å². The molecule has 1 aliphatic heterocycles. The van der Waals surface area contributed by atoms with Crippen LogP contribution in [0.1, 0.15) is 0 Å². The summed E-state index contributed by atoms with van der Waals surface area (Å²) in [4.78, 5) is 25.9. The summed E-state index contributed by atoms with van der Waals surface area (Å²) >= 11 is 14.3. The van der Waals surface area contributed by atoms with Gasteiger partial charge in [-0.05, 0) is 59.0 Å². The fraction of sp³-hybridized carbons (Fsp3) is 0. The van der Waals surface area contributed by atoms with Crippen molar-refractivity contribution in [1.29, 1.82) is 0 Å². The summed E-state index contributed by atoms with van der Waals surface area (Å²) < 4.78 is 1.06. The van der Waals surface area contributed by atoms with Gasteiger partial charge in [-0.3, -0.25) is 9.59 Å². The first-order valence-corrected chi connectivity index (χ1v) is 8.38. The van der Waals surface area contributed by atoms with Gasteiger partial charge in [0.05, 0.1) is 10.7 Å². The van der Waals surface area contributed by atoms with Gasteiger partial charge < -0.3 is 5.32 Å². The third-order valence-corrected chi connectivity index (χ3v) is 4.62. The molecule has 2 aromatic carbocycles. The normalized spacial score (nSPS) is 14.7. The third-order valence-electron chi connectivity index (χ3n) is 3.23. The van der Waals surface area contributed by atoms with Crippen LogP contribution in [-0.4, -0.2) is 11.8 Å². The topological polar surface area (TPSA) is 49.4 Å². The number of halogens is 3. The lowest BCUT2D eigenvalue weighted by Gasteiger charge is -2.16. The molecular formula is C16H9Cl2IN2O2. The number of nitrogens with zero attached hydrogens (tertiary/aromatic N) is 1. The molecule has 0 unspecified atom stereocenters. The number of imide groups is 1. The highest BCUT2D eigenvalue weighted by Crippen LogP contribution is 2.33. The van der Waals surface area contributed by atoms with Crippen LogP contribution in [0.25, 0.3) is 0 Å². The van der Waals surface area contributed by atoms with E-state index in [4.69, 9.17) is 23.2 Å². The summed E-state index contributed by atoms with van der Waals surface area (Å²) in [6.45, 7) is 0. The highest BCUT2D eigenvalue weighted by molar-refractivity contribution is 14.1. The number of hydrogen-bond acceptors (Lipinski definition) is 3. The Labute approximate surface area is 156 Å². The standard InChI is InChI=1S/C16H9Cl2IN2O2/c17-11-3-1-2-4-12(11)21-15(22)13(18)14(16(21)23)20-10-7-5-9(19)6-8-10/h1-8,20H. The maximum Gasteiger partial charge on any atom is 0.283 e. The van der Waals surface area contributed by atoms with Gasteiger partial charge in [-0.2, -0.15) is 0 Å². The summed E-state index contributed by atoms with van der Waals surface area (Å²) in [7, 11) is 0. The molecule has 0 spiro atoms. The fourth-order valence-electron chi connectivity index (χ4n) is 2.14. The molecule has 23 heavy (non-hydrogen) atoms. The lowest BCUT2D eigenvalue weighted by atomic mass is 10.3. The van der Waals surface area contributed by atoms with Crippen molar-refractivity contribution < 1.29 is 9.59 Å². The molecule has 3 rings (SSSR count). The second kappa shape index (κ2) is 6.51. The molecule has 0 saturated heterocycles. The summed E-state index contributed by atoms with van der Waals surface area (Å²) in [5.41, 5.74) is 1.01. The fourth-order valence-corrected chi connectivity index (χ4v) is 2.93. The first-order valence-electron chi connectivity index (χ1n) is 6.54. The number of benzene rings is 2. The van der Waals surface area contributed by atoms with E-state index in [9.17, 15) is 9.59 Å². The predicted octanol–water partition coefficient (Wildman–Crippen LogP) is 4.38. The molecule has 0 atom stereocenters. The Bertz CT molecular complexity index is 834. The van der Waals surface area contributed by atoms with Gasteiger partial charge >= 0.3 is 0 Å². The molecular weight excluding hydrogens is 450 g/mol. The maximum atomic E-state index is 12.6. The van der Waals surface area contributed by atoms with Crippen LogP contribution < -0.4 is 10.2 Å². The molecule has 0 aliphatic carbocycles. The van der Waals surface area contributed by atoms with Gasteiger partial charge in [0.1, 0.15) is 10.7 Å². The lowest BCUT2D eigenvalue weighted by Crippen LogP contribution is -2.32. The average Bonchev–Trinajstić information content (AvgIpc) is 2.74. The van der Waals surface area contributed by atoms with Crippen LogP contribution in [0, 0.1) is 3.57 Å². The monoisotopic (exact) mass is 458 g/mol. The first-order chi connectivity index (χ1) is 11.0. The van der Waals surface area contributed by atoms with Crippen molar-refractivity contribution in [2.75, 3.05) is 10.2 Å². The Balaban J connectivity index is 1.93. The van der Waals surface area contributed by atoms with Crippen LogP contribution in [0.3, 0.4) is 0 Å². The largest absolute Gasteiger partial charge is 0.350 e. The smallest absolute Gasteiger partial charge is 0.283 e. The first kappa shape index (κ1) is 16.3. The molecule has 0 saturated carbocycles. The molecule has 116 valence electrons. The highest BCUT2D eigenvalue weighted by Gasteiger charge is 2.39. The second-order valence-electron chi connectivity index (χ2n) is 4.72. The second-order valence-corrected chi connectivity index (χ2v) is 6.75. The van der Waals surface area contributed by atoms with Crippen LogP contribution in [0.4, 0.5) is 11.4 Å². The average molecular weight is 459 g/mol. The summed E-state index contributed by atoms with van der Waals surface area (Å²) in [6.07, 6.45) is 0. The molecule has 2 amide bonds. The Morgan fingerprint density at radius 2 is 1.57 bits per heavy atom. The van der Waals surface area contributed by atoms with Crippen molar-refractivity contribution in [1.82, 2.24) is 0 Å². The van der Waals surface area contributed by atoms with Gasteiger partial charge in [0.15, 0.2) is 0 Å². The van der Waals surface area contributed by atoms with E-state index in [1.165, 1.54) is 0 Å². The van der Waals surface area contributed by atoms with E-state index < -0.39 is 11.8 Å². The number of rotatable bonds is 3. The zero-order chi connectivity index (χ0) is 16.6. The number of carbonyl (C=O) groups is 2. The van der Waals surface area contributed by atoms with Crippen LogP contribution in [-0.2, 0) is 9.59 Å². The Morgan fingerprint density at radius 3 is 2.22 bits per heavy atom. The zero-order valence-corrected chi connectivity index (χ0v) is 15.2. The molecule has 0 fully saturated rings. The number of anilines is 2. The molecule has 0 radical (unpaired) electrons. The van der Waals surface area contributed by atoms with Crippen molar-refractivity contribution in [2.24, 2.45) is 0 Å². The van der Waals surface area contributed by atoms with Crippen LogP contribution in [0.15, 0.2) is 59.3 Å². The van der Waals surface area contributed by atoms with Crippen molar-refractivity contribution in [3.63, 3.8) is 0 Å². The van der Waals surface area contributed by atoms with Gasteiger partial charge in [-0.25, -0.2) is 4.90 Å². The van der Waals surface area contributed by atoms with Gasteiger partial charge in [0.2, 0.25) is 0 Å². The Hall–Kier alpha value is -1.57. The lowest BCUT2D eigenvalue weighted by molar-refractivity contribution is -0.120. The molecule has 0 bridgehead atoms. The van der Waals surface area contributed by atoms with Gasteiger partial charge in [-0.1, -0.05) is 35.3 Å². The van der Waals surface area contributed by atoms with E-state index in [0.717, 1.165) is 8.47 Å². The predicted molar refractivity (Wildman–Crippen MR) is 99.6 cm³/mol. The van der Waals surface area contributed by atoms with Crippen LogP contribution in [0.2, 0.25) is 5.02 Å². The van der Waals surface area contributed by atoms with E-state index in [0.29, 0.717) is 16.4 Å². The van der Waals surface area contributed by atoms with E-state index in [1.807, 2.05) is 12.1 Å². The quantitative estimate of drug-likeness (QED) is 0.548. The third kappa shape index (κ3) is 3.08. The van der Waals surface area contributed by atoms with E-state index in [2.05, 4.69) is 27.9 Å². The van der Waals surface area contributed by atoms with Crippen molar-refractivity contribution in [3.05, 3.63) is 67.9 Å². The summed E-state index contributed by atoms with van der Waals surface area (Å²) in [5.74, 6) is -1.13. The number of amides is 2. The highest BCUT2D eigenvalue weighted by atomic mass is 127. The SMILES string of the molecule is O=C1C(Cl)=C(Nc2ccc(I)cc2)C(=O)N1c1ccccc1Cl.